The van der Waals surface area contributed by atoms with Gasteiger partial charge >= 0.3 is 6.09 Å². The fourth-order valence-corrected chi connectivity index (χ4v) is 0.922. The molecule has 0 radical (unpaired) electrons. The number of alkyl carbamates (subject to hydrolysis) is 1. The van der Waals surface area contributed by atoms with Crippen LogP contribution in [0.1, 0.15) is 6.92 Å². The lowest BCUT2D eigenvalue weighted by molar-refractivity contribution is 0.0957. The van der Waals surface area contributed by atoms with Crippen molar-refractivity contribution in [3.63, 3.8) is 0 Å². The van der Waals surface area contributed by atoms with Gasteiger partial charge in [-0.05, 0) is 0 Å². The molecule has 3 heteroatoms. The highest BCUT2D eigenvalue weighted by Crippen LogP contribution is 2.09. The van der Waals surface area contributed by atoms with Crippen LogP contribution in [0.15, 0.2) is 12.7 Å². The summed E-state index contributed by atoms with van der Waals surface area (Å²) < 4.78 is 4.72. The van der Waals surface area contributed by atoms with Gasteiger partial charge in [0.25, 0.3) is 0 Å². The van der Waals surface area contributed by atoms with Gasteiger partial charge in [0, 0.05) is 5.92 Å². The normalized spacial score (nSPS) is 32.3. The summed E-state index contributed by atoms with van der Waals surface area (Å²) in [6.07, 6.45) is 1.38. The highest BCUT2D eigenvalue weighted by Gasteiger charge is 2.23. The van der Waals surface area contributed by atoms with E-state index in [4.69, 9.17) is 4.74 Å². The molecule has 1 N–H and O–H groups in total. The predicted octanol–water partition coefficient (Wildman–Crippen LogP) is 0.917. The van der Waals surface area contributed by atoms with Crippen LogP contribution in [0, 0.1) is 5.92 Å². The minimum absolute atomic E-state index is 0.0706. The Hall–Kier alpha value is -0.990. The topological polar surface area (TPSA) is 38.3 Å². The molecule has 1 fully saturated rings. The Kier molecular flexibility index (Phi) is 1.94. The van der Waals surface area contributed by atoms with E-state index in [2.05, 4.69) is 11.9 Å². The van der Waals surface area contributed by atoms with E-state index < -0.39 is 0 Å². The monoisotopic (exact) mass is 141 g/mol. The molecule has 0 spiro atoms. The standard InChI is InChI=1S/C7H11NO2/c1-3-6-5(2)4-10-7(9)8-6/h3,5-6H,1,4H2,2H3,(H,8,9)/t5-,6+/m1/s1. The fraction of sp³-hybridized carbons (Fsp3) is 0.571. The maximum Gasteiger partial charge on any atom is 0.407 e. The molecule has 1 amide bonds. The maximum absolute atomic E-state index is 10.6. The Morgan fingerprint density at radius 1 is 1.90 bits per heavy atom. The SMILES string of the molecule is C=C[C@@H]1NC(=O)OC[C@H]1C. The molecule has 2 atom stereocenters. The average molecular weight is 141 g/mol. The van der Waals surface area contributed by atoms with Crippen LogP contribution in [0.2, 0.25) is 0 Å². The number of amides is 1. The zero-order valence-corrected chi connectivity index (χ0v) is 5.96. The van der Waals surface area contributed by atoms with Crippen molar-refractivity contribution in [1.82, 2.24) is 5.32 Å². The van der Waals surface area contributed by atoms with Crippen molar-refractivity contribution < 1.29 is 9.53 Å². The highest BCUT2D eigenvalue weighted by atomic mass is 16.6. The van der Waals surface area contributed by atoms with E-state index in [-0.39, 0.29) is 12.1 Å². The average Bonchev–Trinajstić information content (AvgIpc) is 1.94. The smallest absolute Gasteiger partial charge is 0.407 e. The van der Waals surface area contributed by atoms with Crippen molar-refractivity contribution in [2.45, 2.75) is 13.0 Å². The van der Waals surface area contributed by atoms with E-state index in [1.165, 1.54) is 0 Å². The van der Waals surface area contributed by atoms with Crippen molar-refractivity contribution in [2.75, 3.05) is 6.61 Å². The fourth-order valence-electron chi connectivity index (χ4n) is 0.922. The Balaban J connectivity index is 2.53. The van der Waals surface area contributed by atoms with Gasteiger partial charge in [-0.1, -0.05) is 13.0 Å². The molecule has 56 valence electrons. The first-order valence-electron chi connectivity index (χ1n) is 3.30. The third-order valence-electron chi connectivity index (χ3n) is 1.63. The van der Waals surface area contributed by atoms with Gasteiger partial charge in [0.2, 0.25) is 0 Å². The van der Waals surface area contributed by atoms with Crippen LogP contribution in [-0.2, 0) is 4.74 Å². The Morgan fingerprint density at radius 2 is 2.60 bits per heavy atom. The number of carbonyl (C=O) groups excluding carboxylic acids is 1. The van der Waals surface area contributed by atoms with Gasteiger partial charge in [-0.3, -0.25) is 0 Å². The van der Waals surface area contributed by atoms with E-state index in [0.717, 1.165) is 0 Å². The first kappa shape index (κ1) is 7.12. The summed E-state index contributed by atoms with van der Waals surface area (Å²) in [7, 11) is 0. The third kappa shape index (κ3) is 1.29. The van der Waals surface area contributed by atoms with E-state index in [0.29, 0.717) is 12.5 Å². The van der Waals surface area contributed by atoms with Gasteiger partial charge in [0.1, 0.15) is 0 Å². The van der Waals surface area contributed by atoms with Crippen LogP contribution in [0.3, 0.4) is 0 Å². The summed E-state index contributed by atoms with van der Waals surface area (Å²) in [5.41, 5.74) is 0. The lowest BCUT2D eigenvalue weighted by Crippen LogP contribution is -2.45. The van der Waals surface area contributed by atoms with Gasteiger partial charge in [0.15, 0.2) is 0 Å². The number of ether oxygens (including phenoxy) is 1. The molecule has 10 heavy (non-hydrogen) atoms. The molecule has 3 nitrogen and oxygen atoms in total. The molecule has 0 aromatic heterocycles. The van der Waals surface area contributed by atoms with E-state index in [1.807, 2.05) is 6.92 Å². The van der Waals surface area contributed by atoms with Crippen LogP contribution in [0.5, 0.6) is 0 Å². The molecule has 0 aliphatic carbocycles. The first-order chi connectivity index (χ1) is 4.74. The number of hydrogen-bond acceptors (Lipinski definition) is 2. The zero-order chi connectivity index (χ0) is 7.56. The van der Waals surface area contributed by atoms with Gasteiger partial charge in [-0.15, -0.1) is 6.58 Å². The molecule has 0 bridgehead atoms. The molecular weight excluding hydrogens is 130 g/mol. The molecule has 0 unspecified atom stereocenters. The van der Waals surface area contributed by atoms with E-state index in [9.17, 15) is 4.79 Å². The minimum atomic E-state index is -0.344. The zero-order valence-electron chi connectivity index (χ0n) is 5.96. The second kappa shape index (κ2) is 2.73. The number of cyclic esters (lactones) is 1. The van der Waals surface area contributed by atoms with Gasteiger partial charge in [0.05, 0.1) is 12.6 Å². The summed E-state index contributed by atoms with van der Waals surface area (Å²) >= 11 is 0. The molecule has 1 aliphatic rings. The summed E-state index contributed by atoms with van der Waals surface area (Å²) in [6.45, 7) is 6.09. The van der Waals surface area contributed by atoms with Crippen LogP contribution < -0.4 is 5.32 Å². The van der Waals surface area contributed by atoms with Crippen LogP contribution in [-0.4, -0.2) is 18.7 Å². The molecule has 0 aromatic carbocycles. The van der Waals surface area contributed by atoms with Crippen LogP contribution in [0.25, 0.3) is 0 Å². The number of carbonyl (C=O) groups is 1. The molecule has 1 rings (SSSR count). The summed E-state index contributed by atoms with van der Waals surface area (Å²) in [5, 5.41) is 2.64. The largest absolute Gasteiger partial charge is 0.449 e. The maximum atomic E-state index is 10.6. The molecule has 0 saturated carbocycles. The molecule has 1 saturated heterocycles. The Labute approximate surface area is 60.1 Å². The van der Waals surface area contributed by atoms with Crippen molar-refractivity contribution in [3.8, 4) is 0 Å². The highest BCUT2D eigenvalue weighted by molar-refractivity contribution is 5.68. The van der Waals surface area contributed by atoms with Crippen LogP contribution >= 0.6 is 0 Å². The number of rotatable bonds is 1. The van der Waals surface area contributed by atoms with Crippen LogP contribution in [0.4, 0.5) is 4.79 Å². The Bertz CT molecular complexity index is 156. The molecule has 1 heterocycles. The van der Waals surface area contributed by atoms with Gasteiger partial charge in [-0.2, -0.15) is 0 Å². The van der Waals surface area contributed by atoms with Gasteiger partial charge < -0.3 is 10.1 Å². The van der Waals surface area contributed by atoms with Crippen molar-refractivity contribution in [1.29, 1.82) is 0 Å². The summed E-state index contributed by atoms with van der Waals surface area (Å²) in [6, 6.07) is 0.0706. The Morgan fingerprint density at radius 3 is 3.10 bits per heavy atom. The second-order valence-corrected chi connectivity index (χ2v) is 2.48. The van der Waals surface area contributed by atoms with Crippen molar-refractivity contribution in [3.05, 3.63) is 12.7 Å². The number of hydrogen-bond donors (Lipinski definition) is 1. The van der Waals surface area contributed by atoms with Crippen molar-refractivity contribution in [2.24, 2.45) is 5.92 Å². The third-order valence-corrected chi connectivity index (χ3v) is 1.63. The molecule has 0 aromatic rings. The van der Waals surface area contributed by atoms with Gasteiger partial charge in [-0.25, -0.2) is 4.79 Å². The predicted molar refractivity (Wildman–Crippen MR) is 37.6 cm³/mol. The summed E-state index contributed by atoms with van der Waals surface area (Å²) in [4.78, 5) is 10.6. The van der Waals surface area contributed by atoms with E-state index in [1.54, 1.807) is 6.08 Å². The summed E-state index contributed by atoms with van der Waals surface area (Å²) in [5.74, 6) is 0.329. The number of nitrogens with one attached hydrogen (secondary N) is 1. The van der Waals surface area contributed by atoms with E-state index >= 15 is 0 Å². The molecule has 1 aliphatic heterocycles. The lowest BCUT2D eigenvalue weighted by Gasteiger charge is -2.26. The lowest BCUT2D eigenvalue weighted by atomic mass is 10.0. The minimum Gasteiger partial charge on any atom is -0.449 e. The second-order valence-electron chi connectivity index (χ2n) is 2.48. The van der Waals surface area contributed by atoms with Crippen molar-refractivity contribution >= 4 is 6.09 Å². The first-order valence-corrected chi connectivity index (χ1v) is 3.30. The molecular formula is C7H11NO2. The quantitative estimate of drug-likeness (QED) is 0.551.